The fourth-order valence-corrected chi connectivity index (χ4v) is 3.84. The Balaban J connectivity index is 1.84. The van der Waals surface area contributed by atoms with Gasteiger partial charge in [0.1, 0.15) is 29.3 Å². The number of carbonyl (C=O) groups is 1. The van der Waals surface area contributed by atoms with E-state index in [2.05, 4.69) is 4.98 Å². The second-order valence-corrected chi connectivity index (χ2v) is 7.44. The van der Waals surface area contributed by atoms with Gasteiger partial charge in [-0.2, -0.15) is 0 Å². The lowest BCUT2D eigenvalue weighted by Gasteiger charge is -2.31. The SMILES string of the molecule is CC(=O)C(c1c(F)cccc1F)N(Cc1c(F)cccc1F)Cn1cnc2ccccc21. The Morgan fingerprint density at radius 3 is 2.12 bits per heavy atom. The summed E-state index contributed by atoms with van der Waals surface area (Å²) in [6, 6.07) is 12.4. The minimum atomic E-state index is -1.42. The maximum Gasteiger partial charge on any atom is 0.151 e. The third kappa shape index (κ3) is 4.13. The number of halogens is 4. The molecule has 1 aromatic heterocycles. The molecule has 1 atom stereocenters. The summed E-state index contributed by atoms with van der Waals surface area (Å²) in [4.78, 5) is 18.3. The molecule has 4 nitrogen and oxygen atoms in total. The third-order valence-electron chi connectivity index (χ3n) is 5.31. The fourth-order valence-electron chi connectivity index (χ4n) is 3.84. The number of carbonyl (C=O) groups excluding carboxylic acids is 1. The van der Waals surface area contributed by atoms with Crippen molar-refractivity contribution in [2.45, 2.75) is 26.2 Å². The molecule has 4 aromatic rings. The molecule has 0 saturated carbocycles. The molecule has 0 radical (unpaired) electrons. The summed E-state index contributed by atoms with van der Waals surface area (Å²) in [5, 5.41) is 0. The zero-order chi connectivity index (χ0) is 22.8. The lowest BCUT2D eigenvalue weighted by molar-refractivity contribution is -0.123. The summed E-state index contributed by atoms with van der Waals surface area (Å²) < 4.78 is 59.9. The molecule has 0 bridgehead atoms. The molecule has 8 heteroatoms. The molecule has 0 amide bonds. The van der Waals surface area contributed by atoms with Crippen LogP contribution in [-0.2, 0) is 18.0 Å². The van der Waals surface area contributed by atoms with Gasteiger partial charge in [-0.15, -0.1) is 0 Å². The van der Waals surface area contributed by atoms with Crippen LogP contribution in [0.1, 0.15) is 24.1 Å². The highest BCUT2D eigenvalue weighted by atomic mass is 19.1. The van der Waals surface area contributed by atoms with Crippen molar-refractivity contribution in [1.29, 1.82) is 0 Å². The van der Waals surface area contributed by atoms with Crippen molar-refractivity contribution in [1.82, 2.24) is 14.5 Å². The predicted octanol–water partition coefficient (Wildman–Crippen LogP) is 5.38. The van der Waals surface area contributed by atoms with Crippen LogP contribution in [0.3, 0.4) is 0 Å². The highest BCUT2D eigenvalue weighted by Gasteiger charge is 2.32. The summed E-state index contributed by atoms with van der Waals surface area (Å²) in [5.41, 5.74) is 0.588. The van der Waals surface area contributed by atoms with Crippen LogP contribution in [0.5, 0.6) is 0 Å². The average molecular weight is 441 g/mol. The van der Waals surface area contributed by atoms with E-state index in [4.69, 9.17) is 0 Å². The van der Waals surface area contributed by atoms with Crippen molar-refractivity contribution in [3.05, 3.63) is 101 Å². The average Bonchev–Trinajstić information content (AvgIpc) is 3.15. The zero-order valence-electron chi connectivity index (χ0n) is 17.1. The smallest absolute Gasteiger partial charge is 0.151 e. The van der Waals surface area contributed by atoms with Crippen molar-refractivity contribution in [3.8, 4) is 0 Å². The van der Waals surface area contributed by atoms with Crippen LogP contribution < -0.4 is 0 Å². The number of nitrogens with zero attached hydrogens (tertiary/aromatic N) is 3. The third-order valence-corrected chi connectivity index (χ3v) is 5.31. The summed E-state index contributed by atoms with van der Waals surface area (Å²) >= 11 is 0. The van der Waals surface area contributed by atoms with Gasteiger partial charge in [0.2, 0.25) is 0 Å². The first-order chi connectivity index (χ1) is 15.4. The molecule has 0 aliphatic heterocycles. The number of aromatic nitrogens is 2. The van der Waals surface area contributed by atoms with Crippen LogP contribution in [0.4, 0.5) is 17.6 Å². The molecule has 1 unspecified atom stereocenters. The van der Waals surface area contributed by atoms with Crippen LogP contribution in [-0.4, -0.2) is 20.2 Å². The Morgan fingerprint density at radius 1 is 0.906 bits per heavy atom. The van der Waals surface area contributed by atoms with Gasteiger partial charge in [-0.05, 0) is 43.3 Å². The van der Waals surface area contributed by atoms with E-state index in [0.717, 1.165) is 24.3 Å². The Morgan fingerprint density at radius 2 is 1.50 bits per heavy atom. The Hall–Kier alpha value is -3.52. The summed E-state index contributed by atoms with van der Waals surface area (Å²) in [7, 11) is 0. The molecule has 0 fully saturated rings. The van der Waals surface area contributed by atoms with Crippen molar-refractivity contribution in [2.75, 3.05) is 0 Å². The maximum absolute atomic E-state index is 14.7. The quantitative estimate of drug-likeness (QED) is 0.361. The molecule has 0 aliphatic carbocycles. The van der Waals surface area contributed by atoms with Gasteiger partial charge in [-0.25, -0.2) is 22.5 Å². The number of hydrogen-bond acceptors (Lipinski definition) is 3. The van der Waals surface area contributed by atoms with Crippen LogP contribution in [0.15, 0.2) is 67.0 Å². The minimum Gasteiger partial charge on any atom is -0.317 e. The highest BCUT2D eigenvalue weighted by molar-refractivity contribution is 5.83. The Kier molecular flexibility index (Phi) is 6.05. The van der Waals surface area contributed by atoms with Crippen molar-refractivity contribution in [2.24, 2.45) is 0 Å². The number of Topliss-reactive ketones (excluding diaryl/α,β-unsaturated/α-hetero) is 1. The van der Waals surface area contributed by atoms with Gasteiger partial charge in [0.25, 0.3) is 0 Å². The van der Waals surface area contributed by atoms with Crippen molar-refractivity contribution < 1.29 is 22.4 Å². The lowest BCUT2D eigenvalue weighted by Crippen LogP contribution is -2.36. The van der Waals surface area contributed by atoms with E-state index in [9.17, 15) is 22.4 Å². The van der Waals surface area contributed by atoms with Gasteiger partial charge in [-0.3, -0.25) is 9.69 Å². The number of para-hydroxylation sites is 2. The van der Waals surface area contributed by atoms with Crippen LogP contribution in [0.2, 0.25) is 0 Å². The molecule has 32 heavy (non-hydrogen) atoms. The number of fused-ring (bicyclic) bond motifs is 1. The van der Waals surface area contributed by atoms with Crippen molar-refractivity contribution >= 4 is 16.8 Å². The Bertz CT molecular complexity index is 1250. The first kappa shape index (κ1) is 21.7. The number of benzene rings is 3. The van der Waals surface area contributed by atoms with Gasteiger partial charge in [-0.1, -0.05) is 24.3 Å². The summed E-state index contributed by atoms with van der Waals surface area (Å²) in [6.07, 6.45) is 1.50. The summed E-state index contributed by atoms with van der Waals surface area (Å²) in [6.45, 7) is 0.697. The van der Waals surface area contributed by atoms with Crippen LogP contribution in [0.25, 0.3) is 11.0 Å². The van der Waals surface area contributed by atoms with Gasteiger partial charge >= 0.3 is 0 Å². The Labute approximate surface area is 181 Å². The second kappa shape index (κ2) is 8.92. The van der Waals surface area contributed by atoms with E-state index in [1.165, 1.54) is 30.3 Å². The van der Waals surface area contributed by atoms with E-state index >= 15 is 0 Å². The van der Waals surface area contributed by atoms with Gasteiger partial charge < -0.3 is 4.57 Å². The van der Waals surface area contributed by atoms with E-state index in [1.807, 2.05) is 0 Å². The summed E-state index contributed by atoms with van der Waals surface area (Å²) in [5.74, 6) is -4.04. The molecule has 0 aliphatic rings. The fraction of sp³-hybridized carbons (Fsp3) is 0.167. The van der Waals surface area contributed by atoms with E-state index in [1.54, 1.807) is 28.8 Å². The molecular weight excluding hydrogens is 422 g/mol. The second-order valence-electron chi connectivity index (χ2n) is 7.44. The van der Waals surface area contributed by atoms with Gasteiger partial charge in [0.15, 0.2) is 5.78 Å². The monoisotopic (exact) mass is 441 g/mol. The first-order valence-electron chi connectivity index (χ1n) is 9.88. The number of imidazole rings is 1. The molecular formula is C24H19F4N3O. The number of hydrogen-bond donors (Lipinski definition) is 0. The zero-order valence-corrected chi connectivity index (χ0v) is 17.1. The number of ketones is 1. The minimum absolute atomic E-state index is 0.0910. The first-order valence-corrected chi connectivity index (χ1v) is 9.88. The van der Waals surface area contributed by atoms with E-state index < -0.39 is 47.2 Å². The molecule has 1 heterocycles. The molecule has 4 rings (SSSR count). The molecule has 0 spiro atoms. The molecule has 0 N–H and O–H groups in total. The van der Waals surface area contributed by atoms with E-state index in [0.29, 0.717) is 11.0 Å². The largest absolute Gasteiger partial charge is 0.317 e. The van der Waals surface area contributed by atoms with Crippen LogP contribution >= 0.6 is 0 Å². The lowest BCUT2D eigenvalue weighted by atomic mass is 9.99. The number of rotatable bonds is 7. The van der Waals surface area contributed by atoms with Gasteiger partial charge in [0, 0.05) is 17.7 Å². The maximum atomic E-state index is 14.7. The van der Waals surface area contributed by atoms with Crippen molar-refractivity contribution in [3.63, 3.8) is 0 Å². The van der Waals surface area contributed by atoms with Gasteiger partial charge in [0.05, 0.1) is 24.0 Å². The molecule has 3 aromatic carbocycles. The molecule has 164 valence electrons. The van der Waals surface area contributed by atoms with Crippen LogP contribution in [0, 0.1) is 23.3 Å². The predicted molar refractivity (Wildman–Crippen MR) is 111 cm³/mol. The topological polar surface area (TPSA) is 38.1 Å². The highest BCUT2D eigenvalue weighted by Crippen LogP contribution is 2.31. The molecule has 0 saturated heterocycles. The standard InChI is InChI=1S/C24H19F4N3O/c1-15(32)24(23-19(27)8-5-9-20(23)28)30(12-16-17(25)6-4-7-18(16)26)14-31-13-29-21-10-2-3-11-22(21)31/h2-11,13,24H,12,14H2,1H3. The normalized spacial score (nSPS) is 12.4. The van der Waals surface area contributed by atoms with E-state index in [-0.39, 0.29) is 12.2 Å².